The van der Waals surface area contributed by atoms with Gasteiger partial charge in [0.2, 0.25) is 0 Å². The summed E-state index contributed by atoms with van der Waals surface area (Å²) < 4.78 is 31.8. The topological polar surface area (TPSA) is 48.3 Å². The third-order valence-electron chi connectivity index (χ3n) is 3.68. The van der Waals surface area contributed by atoms with Gasteiger partial charge in [-0.3, -0.25) is 0 Å². The number of aromatic nitrogens is 1. The first kappa shape index (κ1) is 14.7. The van der Waals surface area contributed by atoms with Gasteiger partial charge in [0.25, 0.3) is 0 Å². The van der Waals surface area contributed by atoms with Crippen molar-refractivity contribution < 1.29 is 13.2 Å². The SMILES string of the molecule is COc1ccc2c(ccn2CCS(=O)(=O)c2ccccc2)c1. The lowest BCUT2D eigenvalue weighted by Crippen LogP contribution is -2.12. The Morgan fingerprint density at radius 2 is 1.82 bits per heavy atom. The molecule has 114 valence electrons. The van der Waals surface area contributed by atoms with Gasteiger partial charge >= 0.3 is 0 Å². The van der Waals surface area contributed by atoms with Gasteiger partial charge in [0.1, 0.15) is 5.75 Å². The molecule has 0 radical (unpaired) electrons. The second kappa shape index (κ2) is 5.85. The first-order valence-electron chi connectivity index (χ1n) is 7.01. The predicted octanol–water partition coefficient (Wildman–Crippen LogP) is 3.12. The number of fused-ring (bicyclic) bond motifs is 1. The summed E-state index contributed by atoms with van der Waals surface area (Å²) in [6, 6.07) is 16.3. The summed E-state index contributed by atoms with van der Waals surface area (Å²) in [4.78, 5) is 0.369. The molecule has 3 rings (SSSR count). The molecule has 0 saturated heterocycles. The molecule has 22 heavy (non-hydrogen) atoms. The van der Waals surface area contributed by atoms with Crippen LogP contribution in [0.1, 0.15) is 0 Å². The fourth-order valence-electron chi connectivity index (χ4n) is 2.46. The number of aryl methyl sites for hydroxylation is 1. The van der Waals surface area contributed by atoms with Crippen molar-refractivity contribution in [1.29, 1.82) is 0 Å². The maximum Gasteiger partial charge on any atom is 0.180 e. The van der Waals surface area contributed by atoms with Crippen LogP contribution in [0, 0.1) is 0 Å². The largest absolute Gasteiger partial charge is 0.497 e. The maximum atomic E-state index is 12.3. The summed E-state index contributed by atoms with van der Waals surface area (Å²) in [6.07, 6.45) is 1.91. The number of rotatable bonds is 5. The predicted molar refractivity (Wildman–Crippen MR) is 87.0 cm³/mol. The van der Waals surface area contributed by atoms with Crippen LogP contribution >= 0.6 is 0 Å². The average molecular weight is 315 g/mol. The van der Waals surface area contributed by atoms with Crippen LogP contribution in [0.2, 0.25) is 0 Å². The van der Waals surface area contributed by atoms with Gasteiger partial charge in [0.05, 0.1) is 17.8 Å². The van der Waals surface area contributed by atoms with Crippen molar-refractivity contribution in [3.63, 3.8) is 0 Å². The molecule has 1 aromatic heterocycles. The molecule has 0 amide bonds. The van der Waals surface area contributed by atoms with Crippen molar-refractivity contribution >= 4 is 20.7 Å². The zero-order valence-electron chi connectivity index (χ0n) is 12.3. The molecule has 4 nitrogen and oxygen atoms in total. The van der Waals surface area contributed by atoms with Crippen molar-refractivity contribution in [2.45, 2.75) is 11.4 Å². The van der Waals surface area contributed by atoms with E-state index in [1.165, 1.54) is 0 Å². The van der Waals surface area contributed by atoms with E-state index in [0.29, 0.717) is 11.4 Å². The first-order chi connectivity index (χ1) is 10.6. The Morgan fingerprint density at radius 3 is 2.55 bits per heavy atom. The van der Waals surface area contributed by atoms with Gasteiger partial charge in [0, 0.05) is 23.6 Å². The van der Waals surface area contributed by atoms with Crippen molar-refractivity contribution in [2.75, 3.05) is 12.9 Å². The second-order valence-corrected chi connectivity index (χ2v) is 7.17. The molecule has 0 aliphatic rings. The van der Waals surface area contributed by atoms with Crippen LogP contribution in [0.25, 0.3) is 10.9 Å². The van der Waals surface area contributed by atoms with E-state index in [4.69, 9.17) is 4.74 Å². The molecule has 3 aromatic rings. The zero-order valence-corrected chi connectivity index (χ0v) is 13.1. The van der Waals surface area contributed by atoms with Gasteiger partial charge in [-0.05, 0) is 36.4 Å². The quantitative estimate of drug-likeness (QED) is 0.727. The Labute approximate surface area is 129 Å². The lowest BCUT2D eigenvalue weighted by Gasteiger charge is -2.07. The van der Waals surface area contributed by atoms with Crippen LogP contribution in [-0.4, -0.2) is 25.8 Å². The zero-order chi connectivity index (χ0) is 15.6. The molecular weight excluding hydrogens is 298 g/mol. The van der Waals surface area contributed by atoms with E-state index in [2.05, 4.69) is 0 Å². The highest BCUT2D eigenvalue weighted by molar-refractivity contribution is 7.91. The van der Waals surface area contributed by atoms with Gasteiger partial charge in [-0.2, -0.15) is 0 Å². The molecule has 0 bridgehead atoms. The summed E-state index contributed by atoms with van der Waals surface area (Å²) in [5.41, 5.74) is 1.00. The van der Waals surface area contributed by atoms with Crippen LogP contribution in [0.4, 0.5) is 0 Å². The lowest BCUT2D eigenvalue weighted by molar-refractivity contribution is 0.415. The minimum absolute atomic E-state index is 0.0762. The van der Waals surface area contributed by atoms with Gasteiger partial charge in [-0.1, -0.05) is 18.2 Å². The summed E-state index contributed by atoms with van der Waals surface area (Å²) >= 11 is 0. The Hall–Kier alpha value is -2.27. The van der Waals surface area contributed by atoms with Crippen molar-refractivity contribution in [3.05, 3.63) is 60.8 Å². The third kappa shape index (κ3) is 2.85. The molecular formula is C17H17NO3S. The van der Waals surface area contributed by atoms with Crippen LogP contribution < -0.4 is 4.74 Å². The fourth-order valence-corrected chi connectivity index (χ4v) is 3.71. The van der Waals surface area contributed by atoms with Crippen LogP contribution in [0.15, 0.2) is 65.7 Å². The van der Waals surface area contributed by atoms with E-state index in [1.807, 2.05) is 41.1 Å². The van der Waals surface area contributed by atoms with Crippen molar-refractivity contribution in [3.8, 4) is 5.75 Å². The van der Waals surface area contributed by atoms with E-state index in [9.17, 15) is 8.42 Å². The summed E-state index contributed by atoms with van der Waals surface area (Å²) in [7, 11) is -1.63. The summed E-state index contributed by atoms with van der Waals surface area (Å²) in [5.74, 6) is 0.870. The van der Waals surface area contributed by atoms with E-state index in [-0.39, 0.29) is 5.75 Å². The Morgan fingerprint density at radius 1 is 1.05 bits per heavy atom. The number of ether oxygens (including phenoxy) is 1. The van der Waals surface area contributed by atoms with E-state index >= 15 is 0 Å². The Bertz CT molecular complexity index is 883. The van der Waals surface area contributed by atoms with Gasteiger partial charge < -0.3 is 9.30 Å². The van der Waals surface area contributed by atoms with Gasteiger partial charge in [0.15, 0.2) is 9.84 Å². The number of methoxy groups -OCH3 is 1. The van der Waals surface area contributed by atoms with Crippen LogP contribution in [0.5, 0.6) is 5.75 Å². The maximum absolute atomic E-state index is 12.3. The Balaban J connectivity index is 1.82. The monoisotopic (exact) mass is 315 g/mol. The average Bonchev–Trinajstić information content (AvgIpc) is 2.96. The van der Waals surface area contributed by atoms with Gasteiger partial charge in [-0.15, -0.1) is 0 Å². The standard InChI is InChI=1S/C17H17NO3S/c1-21-15-7-8-17-14(13-15)9-10-18(17)11-12-22(19,20)16-5-3-2-4-6-16/h2-10,13H,11-12H2,1H3. The number of sulfone groups is 1. The fraction of sp³-hybridized carbons (Fsp3) is 0.176. The third-order valence-corrected chi connectivity index (χ3v) is 5.39. The number of hydrogen-bond donors (Lipinski definition) is 0. The molecule has 0 saturated carbocycles. The molecule has 0 unspecified atom stereocenters. The second-order valence-electron chi connectivity index (χ2n) is 5.07. The molecule has 0 spiro atoms. The van der Waals surface area contributed by atoms with E-state index in [1.54, 1.807) is 31.4 Å². The normalized spacial score (nSPS) is 11.7. The van der Waals surface area contributed by atoms with Gasteiger partial charge in [-0.25, -0.2) is 8.42 Å². The minimum atomic E-state index is -3.26. The summed E-state index contributed by atoms with van der Waals surface area (Å²) in [5, 5.41) is 1.04. The molecule has 0 atom stereocenters. The first-order valence-corrected chi connectivity index (χ1v) is 8.66. The summed E-state index contributed by atoms with van der Waals surface area (Å²) in [6.45, 7) is 0.424. The number of nitrogens with zero attached hydrogens (tertiary/aromatic N) is 1. The minimum Gasteiger partial charge on any atom is -0.497 e. The highest BCUT2D eigenvalue weighted by Gasteiger charge is 2.14. The molecule has 0 aliphatic heterocycles. The van der Waals surface area contributed by atoms with E-state index < -0.39 is 9.84 Å². The molecule has 5 heteroatoms. The lowest BCUT2D eigenvalue weighted by atomic mass is 10.2. The van der Waals surface area contributed by atoms with E-state index in [0.717, 1.165) is 16.7 Å². The molecule has 2 aromatic carbocycles. The van der Waals surface area contributed by atoms with Crippen molar-refractivity contribution in [2.24, 2.45) is 0 Å². The number of benzene rings is 2. The highest BCUT2D eigenvalue weighted by atomic mass is 32.2. The highest BCUT2D eigenvalue weighted by Crippen LogP contribution is 2.22. The molecule has 0 fully saturated rings. The smallest absolute Gasteiger partial charge is 0.180 e. The van der Waals surface area contributed by atoms with Crippen LogP contribution in [0.3, 0.4) is 0 Å². The Kier molecular flexibility index (Phi) is 3.90. The molecule has 0 N–H and O–H groups in total. The molecule has 0 aliphatic carbocycles. The van der Waals surface area contributed by atoms with Crippen LogP contribution in [-0.2, 0) is 16.4 Å². The number of hydrogen-bond acceptors (Lipinski definition) is 3. The van der Waals surface area contributed by atoms with Crippen molar-refractivity contribution in [1.82, 2.24) is 4.57 Å². The molecule has 1 heterocycles.